The highest BCUT2D eigenvalue weighted by Crippen LogP contribution is 2.31. The third-order valence-electron chi connectivity index (χ3n) is 5.62. The van der Waals surface area contributed by atoms with Crippen molar-refractivity contribution in [2.45, 2.75) is 24.4 Å². The second-order valence-electron chi connectivity index (χ2n) is 8.10. The largest absolute Gasteiger partial charge is 0.394 e. The first-order valence-electron chi connectivity index (χ1n) is 10.8. The van der Waals surface area contributed by atoms with Gasteiger partial charge >= 0.3 is 0 Å². The molecular weight excluding hydrogens is 459 g/mol. The van der Waals surface area contributed by atoms with Gasteiger partial charge in [-0.25, -0.2) is 12.8 Å². The molecule has 1 saturated heterocycles. The van der Waals surface area contributed by atoms with Crippen LogP contribution in [0.1, 0.15) is 22.8 Å². The lowest BCUT2D eigenvalue weighted by atomic mass is 9.98. The molecule has 0 aromatic heterocycles. The Kier molecular flexibility index (Phi) is 7.26. The Hall–Kier alpha value is -3.27. The molecule has 9 heteroatoms. The van der Waals surface area contributed by atoms with E-state index in [2.05, 4.69) is 4.72 Å². The molecule has 1 aliphatic heterocycles. The average molecular weight is 485 g/mol. The molecular formula is C25H25FN2O5S. The van der Waals surface area contributed by atoms with E-state index in [4.69, 9.17) is 4.74 Å². The summed E-state index contributed by atoms with van der Waals surface area (Å²) in [6.07, 6.45) is -0.599. The number of ether oxygens (including phenoxy) is 1. The van der Waals surface area contributed by atoms with E-state index in [-0.39, 0.29) is 37.2 Å². The van der Waals surface area contributed by atoms with Crippen LogP contribution in [-0.2, 0) is 31.9 Å². The van der Waals surface area contributed by atoms with Crippen molar-refractivity contribution in [3.05, 3.63) is 101 Å². The number of aliphatic hydroxyl groups is 1. The maximum Gasteiger partial charge on any atom is 0.249 e. The summed E-state index contributed by atoms with van der Waals surface area (Å²) in [5.74, 6) is -0.785. The number of hydrogen-bond acceptors (Lipinski definition) is 5. The standard InChI is InChI=1S/C25H25FN2O5S/c26-21-10-6-18(7-11-21)14-28-23(15-29)25(33-16-24(28)30)20-8-12-22(13-9-20)27-34(31,32)17-19-4-2-1-3-5-19/h1-13,23,25,27,29H,14-17H2/t23-,25-/m1/s1. The van der Waals surface area contributed by atoms with Gasteiger partial charge < -0.3 is 14.7 Å². The summed E-state index contributed by atoms with van der Waals surface area (Å²) in [7, 11) is -3.60. The zero-order valence-corrected chi connectivity index (χ0v) is 19.1. The molecule has 3 aromatic carbocycles. The van der Waals surface area contributed by atoms with Crippen LogP contribution in [0, 0.1) is 5.82 Å². The predicted octanol–water partition coefficient (Wildman–Crippen LogP) is 3.23. The molecule has 0 aliphatic carbocycles. The number of rotatable bonds is 8. The maximum atomic E-state index is 13.2. The van der Waals surface area contributed by atoms with Crippen LogP contribution in [0.5, 0.6) is 0 Å². The Morgan fingerprint density at radius 2 is 1.65 bits per heavy atom. The molecule has 3 aromatic rings. The van der Waals surface area contributed by atoms with Crippen molar-refractivity contribution < 1.29 is 27.4 Å². The van der Waals surface area contributed by atoms with Crippen molar-refractivity contribution in [1.82, 2.24) is 4.90 Å². The topological polar surface area (TPSA) is 95.9 Å². The first kappa shape index (κ1) is 23.9. The smallest absolute Gasteiger partial charge is 0.249 e. The molecule has 34 heavy (non-hydrogen) atoms. The second-order valence-corrected chi connectivity index (χ2v) is 9.82. The molecule has 0 saturated carbocycles. The van der Waals surface area contributed by atoms with E-state index in [1.165, 1.54) is 17.0 Å². The number of benzene rings is 3. The second kappa shape index (κ2) is 10.3. The van der Waals surface area contributed by atoms with E-state index in [0.29, 0.717) is 16.8 Å². The van der Waals surface area contributed by atoms with Crippen LogP contribution in [0.25, 0.3) is 0 Å². The normalized spacial score (nSPS) is 18.6. The van der Waals surface area contributed by atoms with Crippen molar-refractivity contribution in [1.29, 1.82) is 0 Å². The van der Waals surface area contributed by atoms with Gasteiger partial charge in [0.25, 0.3) is 0 Å². The fourth-order valence-electron chi connectivity index (χ4n) is 3.96. The summed E-state index contributed by atoms with van der Waals surface area (Å²) in [4.78, 5) is 14.0. The Bertz CT molecular complexity index is 1220. The van der Waals surface area contributed by atoms with Crippen molar-refractivity contribution in [2.24, 2.45) is 0 Å². The van der Waals surface area contributed by atoms with Crippen molar-refractivity contribution in [3.63, 3.8) is 0 Å². The third kappa shape index (κ3) is 5.80. The van der Waals surface area contributed by atoms with Gasteiger partial charge in [-0.15, -0.1) is 0 Å². The number of nitrogens with one attached hydrogen (secondary N) is 1. The predicted molar refractivity (Wildman–Crippen MR) is 126 cm³/mol. The van der Waals surface area contributed by atoms with Gasteiger partial charge in [-0.3, -0.25) is 9.52 Å². The zero-order chi connectivity index (χ0) is 24.1. The molecule has 1 fully saturated rings. The quantitative estimate of drug-likeness (QED) is 0.512. The zero-order valence-electron chi connectivity index (χ0n) is 18.3. The molecule has 1 aliphatic rings. The number of aliphatic hydroxyl groups excluding tert-OH is 1. The Morgan fingerprint density at radius 3 is 2.29 bits per heavy atom. The SMILES string of the molecule is O=C1CO[C@H](c2ccc(NS(=O)(=O)Cc3ccccc3)cc2)[C@@H](CO)N1Cc1ccc(F)cc1. The van der Waals surface area contributed by atoms with E-state index < -0.39 is 22.2 Å². The van der Waals surface area contributed by atoms with E-state index in [9.17, 15) is 22.7 Å². The van der Waals surface area contributed by atoms with Gasteiger partial charge in [0, 0.05) is 12.2 Å². The summed E-state index contributed by atoms with van der Waals surface area (Å²) in [6, 6.07) is 20.7. The number of carbonyl (C=O) groups excluding carboxylic acids is 1. The third-order valence-corrected chi connectivity index (χ3v) is 6.88. The summed E-state index contributed by atoms with van der Waals surface area (Å²) in [5, 5.41) is 10.1. The minimum absolute atomic E-state index is 0.144. The van der Waals surface area contributed by atoms with Gasteiger partial charge in [0.05, 0.1) is 18.4 Å². The summed E-state index contributed by atoms with van der Waals surface area (Å²) in [5.41, 5.74) is 2.51. The highest BCUT2D eigenvalue weighted by atomic mass is 32.2. The lowest BCUT2D eigenvalue weighted by Crippen LogP contribution is -2.52. The van der Waals surface area contributed by atoms with Gasteiger partial charge in [-0.1, -0.05) is 54.6 Å². The van der Waals surface area contributed by atoms with Crippen LogP contribution in [0.2, 0.25) is 0 Å². The summed E-state index contributed by atoms with van der Waals surface area (Å²) >= 11 is 0. The van der Waals surface area contributed by atoms with Crippen LogP contribution in [0.3, 0.4) is 0 Å². The molecule has 4 rings (SSSR count). The van der Waals surface area contributed by atoms with Crippen LogP contribution in [-0.4, -0.2) is 43.6 Å². The molecule has 2 atom stereocenters. The number of hydrogen-bond donors (Lipinski definition) is 2. The van der Waals surface area contributed by atoms with Gasteiger partial charge in [-0.2, -0.15) is 0 Å². The van der Waals surface area contributed by atoms with E-state index in [1.54, 1.807) is 60.7 Å². The monoisotopic (exact) mass is 484 g/mol. The number of anilines is 1. The minimum Gasteiger partial charge on any atom is -0.394 e. The molecule has 178 valence electrons. The van der Waals surface area contributed by atoms with Crippen LogP contribution < -0.4 is 4.72 Å². The van der Waals surface area contributed by atoms with E-state index in [0.717, 1.165) is 5.56 Å². The van der Waals surface area contributed by atoms with Crippen molar-refractivity contribution >= 4 is 21.6 Å². The van der Waals surface area contributed by atoms with Gasteiger partial charge in [0.2, 0.25) is 15.9 Å². The van der Waals surface area contributed by atoms with Crippen molar-refractivity contribution in [3.8, 4) is 0 Å². The molecule has 0 bridgehead atoms. The van der Waals surface area contributed by atoms with Crippen molar-refractivity contribution in [2.75, 3.05) is 17.9 Å². The summed E-state index contributed by atoms with van der Waals surface area (Å²) in [6.45, 7) is -0.279. The highest BCUT2D eigenvalue weighted by molar-refractivity contribution is 7.91. The lowest BCUT2D eigenvalue weighted by Gasteiger charge is -2.40. The summed E-state index contributed by atoms with van der Waals surface area (Å²) < 4.78 is 46.5. The minimum atomic E-state index is -3.60. The fourth-order valence-corrected chi connectivity index (χ4v) is 5.16. The van der Waals surface area contributed by atoms with Crippen LogP contribution in [0.15, 0.2) is 78.9 Å². The first-order valence-corrected chi connectivity index (χ1v) is 12.4. The Balaban J connectivity index is 1.47. The lowest BCUT2D eigenvalue weighted by molar-refractivity contribution is -0.162. The number of sulfonamides is 1. The maximum absolute atomic E-state index is 13.2. The van der Waals surface area contributed by atoms with Gasteiger partial charge in [-0.05, 0) is 41.0 Å². The number of carbonyl (C=O) groups is 1. The molecule has 1 amide bonds. The molecule has 7 nitrogen and oxygen atoms in total. The van der Waals surface area contributed by atoms with E-state index in [1.807, 2.05) is 6.07 Å². The van der Waals surface area contributed by atoms with Gasteiger partial charge in [0.15, 0.2) is 0 Å². The van der Waals surface area contributed by atoms with Gasteiger partial charge in [0.1, 0.15) is 18.5 Å². The molecule has 0 radical (unpaired) electrons. The fraction of sp³-hybridized carbons (Fsp3) is 0.240. The molecule has 0 spiro atoms. The highest BCUT2D eigenvalue weighted by Gasteiger charge is 2.37. The average Bonchev–Trinajstić information content (AvgIpc) is 2.82. The molecule has 2 N–H and O–H groups in total. The number of morpholine rings is 1. The first-order chi connectivity index (χ1) is 16.3. The van der Waals surface area contributed by atoms with Crippen LogP contribution in [0.4, 0.5) is 10.1 Å². The Morgan fingerprint density at radius 1 is 0.971 bits per heavy atom. The number of amides is 1. The molecule has 0 unspecified atom stereocenters. The number of nitrogens with zero attached hydrogens (tertiary/aromatic N) is 1. The number of halogens is 1. The molecule has 1 heterocycles. The Labute approximate surface area is 197 Å². The van der Waals surface area contributed by atoms with E-state index >= 15 is 0 Å². The van der Waals surface area contributed by atoms with Crippen LogP contribution >= 0.6 is 0 Å².